The first-order chi connectivity index (χ1) is 5.25. The van der Waals surface area contributed by atoms with Gasteiger partial charge in [0.25, 0.3) is 0 Å². The molecule has 0 aromatic heterocycles. The van der Waals surface area contributed by atoms with Crippen molar-refractivity contribution in [1.82, 2.24) is 5.32 Å². The second-order valence-electron chi connectivity index (χ2n) is 3.12. The van der Waals surface area contributed by atoms with Gasteiger partial charge in [0.05, 0.1) is 19.3 Å². The van der Waals surface area contributed by atoms with Crippen LogP contribution < -0.4 is 5.32 Å². The topological polar surface area (TPSA) is 41.5 Å². The van der Waals surface area contributed by atoms with Gasteiger partial charge >= 0.3 is 0 Å². The maximum atomic E-state index is 9.42. The predicted molar refractivity (Wildman–Crippen MR) is 43.5 cm³/mol. The third kappa shape index (κ3) is 2.15. The van der Waals surface area contributed by atoms with Gasteiger partial charge in [-0.3, -0.25) is 0 Å². The fourth-order valence-electron chi connectivity index (χ4n) is 1.51. The highest BCUT2D eigenvalue weighted by atomic mass is 16.5. The summed E-state index contributed by atoms with van der Waals surface area (Å²) in [6, 6.07) is 0.359. The molecule has 1 saturated heterocycles. The lowest BCUT2D eigenvalue weighted by atomic mass is 9.98. The summed E-state index contributed by atoms with van der Waals surface area (Å²) in [5.74, 6) is 0.273. The van der Waals surface area contributed by atoms with E-state index in [4.69, 9.17) is 4.74 Å². The quantitative estimate of drug-likeness (QED) is 0.608. The van der Waals surface area contributed by atoms with Crippen LogP contribution in [-0.2, 0) is 4.74 Å². The van der Waals surface area contributed by atoms with Crippen molar-refractivity contribution in [3.8, 4) is 0 Å². The molecule has 0 amide bonds. The van der Waals surface area contributed by atoms with Crippen LogP contribution in [0.3, 0.4) is 0 Å². The van der Waals surface area contributed by atoms with Crippen molar-refractivity contribution < 1.29 is 9.84 Å². The van der Waals surface area contributed by atoms with Crippen molar-refractivity contribution in [2.45, 2.75) is 26.0 Å². The van der Waals surface area contributed by atoms with E-state index in [0.717, 1.165) is 6.54 Å². The van der Waals surface area contributed by atoms with E-state index in [1.54, 1.807) is 0 Å². The summed E-state index contributed by atoms with van der Waals surface area (Å²) in [5, 5.41) is 12.7. The fraction of sp³-hybridized carbons (Fsp3) is 1.00. The first-order valence-electron chi connectivity index (χ1n) is 4.25. The first-order valence-corrected chi connectivity index (χ1v) is 4.25. The minimum absolute atomic E-state index is 0.273. The van der Waals surface area contributed by atoms with E-state index in [1.165, 1.54) is 0 Å². The zero-order valence-electron chi connectivity index (χ0n) is 7.21. The molecule has 0 bridgehead atoms. The third-order valence-electron chi connectivity index (χ3n) is 2.26. The minimum atomic E-state index is -0.274. The predicted octanol–water partition coefficient (Wildman–Crippen LogP) is -0.00830. The van der Waals surface area contributed by atoms with Crippen LogP contribution in [0.15, 0.2) is 0 Å². The molecule has 0 saturated carbocycles. The largest absolute Gasteiger partial charge is 0.390 e. The Labute approximate surface area is 67.7 Å². The van der Waals surface area contributed by atoms with Gasteiger partial charge < -0.3 is 15.2 Å². The Hall–Kier alpha value is -0.120. The van der Waals surface area contributed by atoms with Crippen molar-refractivity contribution in [3.63, 3.8) is 0 Å². The molecule has 2 N–H and O–H groups in total. The highest BCUT2D eigenvalue weighted by molar-refractivity contribution is 4.82. The molecule has 1 aliphatic heterocycles. The molecule has 0 radical (unpaired) electrons. The van der Waals surface area contributed by atoms with Crippen LogP contribution in [0.5, 0.6) is 0 Å². The maximum Gasteiger partial charge on any atom is 0.0838 e. The fourth-order valence-corrected chi connectivity index (χ4v) is 1.51. The van der Waals surface area contributed by atoms with E-state index in [1.807, 2.05) is 0 Å². The second kappa shape index (κ2) is 4.04. The van der Waals surface area contributed by atoms with Gasteiger partial charge in [-0.1, -0.05) is 6.92 Å². The summed E-state index contributed by atoms with van der Waals surface area (Å²) in [6.45, 7) is 6.30. The summed E-state index contributed by atoms with van der Waals surface area (Å²) < 4.78 is 5.15. The molecule has 0 spiro atoms. The molecule has 0 aliphatic carbocycles. The molecule has 1 aliphatic rings. The summed E-state index contributed by atoms with van der Waals surface area (Å²) in [5.41, 5.74) is 0. The number of aliphatic hydroxyl groups excluding tert-OH is 1. The van der Waals surface area contributed by atoms with Crippen LogP contribution in [-0.4, -0.2) is 37.0 Å². The zero-order valence-corrected chi connectivity index (χ0v) is 7.21. The molecule has 66 valence electrons. The van der Waals surface area contributed by atoms with E-state index < -0.39 is 0 Å². The average Bonchev–Trinajstić information content (AvgIpc) is 2.36. The Bertz CT molecular complexity index is 119. The number of aliphatic hydroxyl groups is 1. The van der Waals surface area contributed by atoms with Crippen molar-refractivity contribution in [2.75, 3.05) is 19.8 Å². The van der Waals surface area contributed by atoms with Crippen molar-refractivity contribution in [1.29, 1.82) is 0 Å². The lowest BCUT2D eigenvalue weighted by Crippen LogP contribution is -2.39. The molecule has 3 nitrogen and oxygen atoms in total. The van der Waals surface area contributed by atoms with E-state index >= 15 is 0 Å². The maximum absolute atomic E-state index is 9.42. The standard InChI is InChI=1S/C8H17NO2/c1-3-9-6(2)7-4-11-5-8(7)10/h6-10H,3-5H2,1-2H3. The summed E-state index contributed by atoms with van der Waals surface area (Å²) in [7, 11) is 0. The summed E-state index contributed by atoms with van der Waals surface area (Å²) in [4.78, 5) is 0. The molecular weight excluding hydrogens is 142 g/mol. The number of hydrogen-bond donors (Lipinski definition) is 2. The van der Waals surface area contributed by atoms with Crippen LogP contribution in [0.1, 0.15) is 13.8 Å². The molecular formula is C8H17NO2. The highest BCUT2D eigenvalue weighted by Gasteiger charge is 2.30. The minimum Gasteiger partial charge on any atom is -0.390 e. The zero-order chi connectivity index (χ0) is 8.27. The number of nitrogens with one attached hydrogen (secondary N) is 1. The Morgan fingerprint density at radius 1 is 1.64 bits per heavy atom. The van der Waals surface area contributed by atoms with Gasteiger partial charge in [0.15, 0.2) is 0 Å². The van der Waals surface area contributed by atoms with Crippen LogP contribution in [0, 0.1) is 5.92 Å². The van der Waals surface area contributed by atoms with Gasteiger partial charge in [-0.15, -0.1) is 0 Å². The van der Waals surface area contributed by atoms with Gasteiger partial charge in [0, 0.05) is 12.0 Å². The molecule has 3 unspecified atom stereocenters. The molecule has 0 aromatic rings. The Morgan fingerprint density at radius 3 is 2.82 bits per heavy atom. The van der Waals surface area contributed by atoms with Gasteiger partial charge in [-0.05, 0) is 13.5 Å². The van der Waals surface area contributed by atoms with Gasteiger partial charge in [0.2, 0.25) is 0 Å². The molecule has 1 rings (SSSR count). The van der Waals surface area contributed by atoms with Crippen LogP contribution >= 0.6 is 0 Å². The normalized spacial score (nSPS) is 34.1. The van der Waals surface area contributed by atoms with Crippen LogP contribution in [0.4, 0.5) is 0 Å². The van der Waals surface area contributed by atoms with Crippen LogP contribution in [0.25, 0.3) is 0 Å². The summed E-state index contributed by atoms with van der Waals surface area (Å²) in [6.07, 6.45) is -0.274. The van der Waals surface area contributed by atoms with Crippen molar-refractivity contribution in [3.05, 3.63) is 0 Å². The smallest absolute Gasteiger partial charge is 0.0838 e. The molecule has 1 heterocycles. The lowest BCUT2D eigenvalue weighted by Gasteiger charge is -2.20. The van der Waals surface area contributed by atoms with Gasteiger partial charge in [-0.25, -0.2) is 0 Å². The molecule has 11 heavy (non-hydrogen) atoms. The second-order valence-corrected chi connectivity index (χ2v) is 3.12. The molecule has 1 fully saturated rings. The molecule has 0 aromatic carbocycles. The lowest BCUT2D eigenvalue weighted by molar-refractivity contribution is 0.112. The van der Waals surface area contributed by atoms with Crippen LogP contribution in [0.2, 0.25) is 0 Å². The van der Waals surface area contributed by atoms with E-state index in [0.29, 0.717) is 19.3 Å². The molecule has 3 heteroatoms. The van der Waals surface area contributed by atoms with Gasteiger partial charge in [-0.2, -0.15) is 0 Å². The van der Waals surface area contributed by atoms with E-state index in [9.17, 15) is 5.11 Å². The van der Waals surface area contributed by atoms with Crippen molar-refractivity contribution in [2.24, 2.45) is 5.92 Å². The third-order valence-corrected chi connectivity index (χ3v) is 2.26. The average molecular weight is 159 g/mol. The Morgan fingerprint density at radius 2 is 2.36 bits per heavy atom. The number of hydrogen-bond acceptors (Lipinski definition) is 3. The Kier molecular flexibility index (Phi) is 3.30. The van der Waals surface area contributed by atoms with E-state index in [-0.39, 0.29) is 12.0 Å². The highest BCUT2D eigenvalue weighted by Crippen LogP contribution is 2.16. The Balaban J connectivity index is 2.33. The number of rotatable bonds is 3. The SMILES string of the molecule is CCNC(C)C1COCC1O. The monoisotopic (exact) mass is 159 g/mol. The van der Waals surface area contributed by atoms with Gasteiger partial charge in [0.1, 0.15) is 0 Å². The van der Waals surface area contributed by atoms with Crippen molar-refractivity contribution >= 4 is 0 Å². The van der Waals surface area contributed by atoms with E-state index in [2.05, 4.69) is 19.2 Å². The molecule has 3 atom stereocenters. The first kappa shape index (κ1) is 8.97. The number of ether oxygens (including phenoxy) is 1. The summed E-state index contributed by atoms with van der Waals surface area (Å²) >= 11 is 0.